The van der Waals surface area contributed by atoms with Gasteiger partial charge in [-0.3, -0.25) is 9.59 Å². The molecule has 128 valence electrons. The molecule has 1 heterocycles. The standard InChI is InChI=1S/C17H18FNO5/c1-17(10-23-2,9-15(20)21)19-16(22)14-8-7-13(24-14)11-3-5-12(18)6-4-11/h3-8H,9-10H2,1-2H3,(H,19,22)(H,20,21). The fourth-order valence-electron chi connectivity index (χ4n) is 2.35. The Bertz CT molecular complexity index is 725. The number of hydrogen-bond donors (Lipinski definition) is 2. The minimum Gasteiger partial charge on any atom is -0.481 e. The van der Waals surface area contributed by atoms with Crippen LogP contribution < -0.4 is 5.32 Å². The van der Waals surface area contributed by atoms with Crippen molar-refractivity contribution < 1.29 is 28.2 Å². The van der Waals surface area contributed by atoms with Crippen molar-refractivity contribution in [3.8, 4) is 11.3 Å². The molecular formula is C17H18FNO5. The Hall–Kier alpha value is -2.67. The molecule has 2 rings (SSSR count). The number of carboxylic acids is 1. The van der Waals surface area contributed by atoms with Crippen LogP contribution in [-0.2, 0) is 9.53 Å². The average molecular weight is 335 g/mol. The number of hydrogen-bond acceptors (Lipinski definition) is 4. The van der Waals surface area contributed by atoms with Crippen LogP contribution in [-0.4, -0.2) is 36.2 Å². The first kappa shape index (κ1) is 17.7. The molecule has 24 heavy (non-hydrogen) atoms. The number of nitrogens with one attached hydrogen (secondary N) is 1. The number of halogens is 1. The van der Waals surface area contributed by atoms with Gasteiger partial charge in [0, 0.05) is 12.7 Å². The Morgan fingerprint density at radius 1 is 1.25 bits per heavy atom. The molecule has 0 bridgehead atoms. The first-order chi connectivity index (χ1) is 11.3. The summed E-state index contributed by atoms with van der Waals surface area (Å²) in [5.41, 5.74) is -0.443. The third-order valence-electron chi connectivity index (χ3n) is 3.38. The first-order valence-corrected chi connectivity index (χ1v) is 7.22. The molecule has 0 saturated carbocycles. The average Bonchev–Trinajstić information content (AvgIpc) is 2.97. The molecule has 0 spiro atoms. The van der Waals surface area contributed by atoms with Crippen LogP contribution in [0.2, 0.25) is 0 Å². The molecule has 0 aliphatic carbocycles. The van der Waals surface area contributed by atoms with Gasteiger partial charge in [-0.15, -0.1) is 0 Å². The molecule has 1 atom stereocenters. The zero-order chi connectivity index (χ0) is 17.7. The summed E-state index contributed by atoms with van der Waals surface area (Å²) in [6.45, 7) is 1.61. The van der Waals surface area contributed by atoms with E-state index in [4.69, 9.17) is 14.3 Å². The maximum Gasteiger partial charge on any atom is 0.305 e. The summed E-state index contributed by atoms with van der Waals surface area (Å²) in [6, 6.07) is 8.72. The van der Waals surface area contributed by atoms with Crippen LogP contribution in [0.4, 0.5) is 4.39 Å². The van der Waals surface area contributed by atoms with E-state index in [9.17, 15) is 14.0 Å². The highest BCUT2D eigenvalue weighted by atomic mass is 19.1. The molecule has 1 unspecified atom stereocenters. The van der Waals surface area contributed by atoms with Crippen molar-refractivity contribution >= 4 is 11.9 Å². The quantitative estimate of drug-likeness (QED) is 0.812. The predicted molar refractivity (Wildman–Crippen MR) is 84.1 cm³/mol. The molecule has 2 aromatic rings. The van der Waals surface area contributed by atoms with Gasteiger partial charge in [-0.2, -0.15) is 0 Å². The molecular weight excluding hydrogens is 317 g/mol. The molecule has 1 amide bonds. The third kappa shape index (κ3) is 4.42. The van der Waals surface area contributed by atoms with Crippen LogP contribution in [0.1, 0.15) is 23.9 Å². The van der Waals surface area contributed by atoms with E-state index < -0.39 is 17.4 Å². The maximum atomic E-state index is 12.9. The van der Waals surface area contributed by atoms with Gasteiger partial charge >= 0.3 is 5.97 Å². The lowest BCUT2D eigenvalue weighted by Crippen LogP contribution is -2.50. The van der Waals surface area contributed by atoms with Crippen molar-refractivity contribution in [1.82, 2.24) is 5.32 Å². The molecule has 0 aliphatic heterocycles. The van der Waals surface area contributed by atoms with Gasteiger partial charge in [0.15, 0.2) is 5.76 Å². The van der Waals surface area contributed by atoms with Gasteiger partial charge < -0.3 is 19.6 Å². The van der Waals surface area contributed by atoms with Gasteiger partial charge in [-0.05, 0) is 43.3 Å². The van der Waals surface area contributed by atoms with E-state index in [1.165, 1.54) is 37.4 Å². The second kappa shape index (κ2) is 7.27. The van der Waals surface area contributed by atoms with Crippen molar-refractivity contribution in [3.05, 3.63) is 48.0 Å². The largest absolute Gasteiger partial charge is 0.481 e. The van der Waals surface area contributed by atoms with E-state index in [0.29, 0.717) is 11.3 Å². The number of carboxylic acid groups (broad SMARTS) is 1. The van der Waals surface area contributed by atoms with Crippen LogP contribution in [0.5, 0.6) is 0 Å². The molecule has 0 saturated heterocycles. The van der Waals surface area contributed by atoms with Gasteiger partial charge in [0.25, 0.3) is 5.91 Å². The summed E-state index contributed by atoms with van der Waals surface area (Å²) in [5, 5.41) is 11.6. The van der Waals surface area contributed by atoms with Crippen molar-refractivity contribution in [3.63, 3.8) is 0 Å². The lowest BCUT2D eigenvalue weighted by molar-refractivity contribution is -0.139. The third-order valence-corrected chi connectivity index (χ3v) is 3.38. The van der Waals surface area contributed by atoms with E-state index >= 15 is 0 Å². The molecule has 2 N–H and O–H groups in total. The van der Waals surface area contributed by atoms with E-state index in [0.717, 1.165) is 0 Å². The van der Waals surface area contributed by atoms with Gasteiger partial charge in [0.2, 0.25) is 0 Å². The van der Waals surface area contributed by atoms with E-state index in [1.807, 2.05) is 0 Å². The molecule has 0 radical (unpaired) electrons. The Labute approximate surface area is 138 Å². The van der Waals surface area contributed by atoms with Gasteiger partial charge in [-0.25, -0.2) is 4.39 Å². The van der Waals surface area contributed by atoms with Gasteiger partial charge in [0.1, 0.15) is 11.6 Å². The summed E-state index contributed by atoms with van der Waals surface area (Å²) in [4.78, 5) is 23.3. The molecule has 1 aromatic heterocycles. The second-order valence-corrected chi connectivity index (χ2v) is 5.69. The highest BCUT2D eigenvalue weighted by molar-refractivity contribution is 5.93. The van der Waals surface area contributed by atoms with Crippen molar-refractivity contribution in [2.75, 3.05) is 13.7 Å². The summed E-state index contributed by atoms with van der Waals surface area (Å²) >= 11 is 0. The van der Waals surface area contributed by atoms with Crippen molar-refractivity contribution in [2.45, 2.75) is 18.9 Å². The maximum absolute atomic E-state index is 12.9. The van der Waals surface area contributed by atoms with Gasteiger partial charge in [0.05, 0.1) is 18.6 Å². The van der Waals surface area contributed by atoms with Crippen molar-refractivity contribution in [2.24, 2.45) is 0 Å². The predicted octanol–water partition coefficient (Wildman–Crippen LogP) is 2.70. The fraction of sp³-hybridized carbons (Fsp3) is 0.294. The molecule has 0 fully saturated rings. The molecule has 1 aromatic carbocycles. The Kier molecular flexibility index (Phi) is 5.35. The highest BCUT2D eigenvalue weighted by Crippen LogP contribution is 2.23. The molecule has 6 nitrogen and oxygen atoms in total. The van der Waals surface area contributed by atoms with Crippen LogP contribution >= 0.6 is 0 Å². The zero-order valence-electron chi connectivity index (χ0n) is 13.3. The summed E-state index contributed by atoms with van der Waals surface area (Å²) in [7, 11) is 1.42. The van der Waals surface area contributed by atoms with Crippen molar-refractivity contribution in [1.29, 1.82) is 0 Å². The number of aliphatic carboxylic acids is 1. The molecule has 0 aliphatic rings. The van der Waals surface area contributed by atoms with E-state index in [2.05, 4.69) is 5.32 Å². The summed E-state index contributed by atoms with van der Waals surface area (Å²) in [5.74, 6) is -1.54. The lowest BCUT2D eigenvalue weighted by atomic mass is 9.99. The van der Waals surface area contributed by atoms with Crippen LogP contribution in [0.3, 0.4) is 0 Å². The Balaban J connectivity index is 2.15. The topological polar surface area (TPSA) is 88.8 Å². The summed E-state index contributed by atoms with van der Waals surface area (Å²) in [6.07, 6.45) is -0.294. The number of furan rings is 1. The fourth-order valence-corrected chi connectivity index (χ4v) is 2.35. The monoisotopic (exact) mass is 335 g/mol. The van der Waals surface area contributed by atoms with Crippen LogP contribution in [0, 0.1) is 5.82 Å². The number of amides is 1. The Morgan fingerprint density at radius 3 is 2.50 bits per heavy atom. The number of ether oxygens (including phenoxy) is 1. The molecule has 7 heteroatoms. The second-order valence-electron chi connectivity index (χ2n) is 5.69. The minimum atomic E-state index is -1.07. The Morgan fingerprint density at radius 2 is 1.92 bits per heavy atom. The highest BCUT2D eigenvalue weighted by Gasteiger charge is 2.31. The number of rotatable bonds is 7. The smallest absolute Gasteiger partial charge is 0.305 e. The zero-order valence-corrected chi connectivity index (χ0v) is 13.3. The lowest BCUT2D eigenvalue weighted by Gasteiger charge is -2.27. The van der Waals surface area contributed by atoms with Gasteiger partial charge in [-0.1, -0.05) is 0 Å². The van der Waals surface area contributed by atoms with E-state index in [-0.39, 0.29) is 24.6 Å². The normalized spacial score (nSPS) is 13.3. The van der Waals surface area contributed by atoms with Crippen LogP contribution in [0.25, 0.3) is 11.3 Å². The minimum absolute atomic E-state index is 0.0297. The number of carbonyl (C=O) groups excluding carboxylic acids is 1. The van der Waals surface area contributed by atoms with Crippen LogP contribution in [0.15, 0.2) is 40.8 Å². The number of benzene rings is 1. The first-order valence-electron chi connectivity index (χ1n) is 7.22. The van der Waals surface area contributed by atoms with E-state index in [1.54, 1.807) is 13.0 Å². The number of methoxy groups -OCH3 is 1. The summed E-state index contributed by atoms with van der Waals surface area (Å²) < 4.78 is 23.4. The number of carbonyl (C=O) groups is 2. The SMILES string of the molecule is COCC(C)(CC(=O)O)NC(=O)c1ccc(-c2ccc(F)cc2)o1.